The van der Waals surface area contributed by atoms with Gasteiger partial charge in [0, 0.05) is 13.1 Å². The number of likely N-dealkylation sites (tertiary alicyclic amines) is 1. The highest BCUT2D eigenvalue weighted by Crippen LogP contribution is 2.24. The summed E-state index contributed by atoms with van der Waals surface area (Å²) >= 11 is 6.38. The number of benzene rings is 1. The first-order chi connectivity index (χ1) is 10.1. The lowest BCUT2D eigenvalue weighted by atomic mass is 10.1. The quantitative estimate of drug-likeness (QED) is 0.874. The number of halogens is 1. The molecule has 4 nitrogen and oxygen atoms in total. The maximum atomic E-state index is 12.4. The first-order valence-electron chi connectivity index (χ1n) is 7.14. The van der Waals surface area contributed by atoms with Crippen molar-refractivity contribution in [2.24, 2.45) is 0 Å². The third-order valence-electron chi connectivity index (χ3n) is 3.88. The first-order valence-corrected chi connectivity index (χ1v) is 7.52. The number of hydrogen-bond acceptors (Lipinski definition) is 2. The van der Waals surface area contributed by atoms with Crippen LogP contribution in [0.15, 0.2) is 24.3 Å². The Bertz CT molecular complexity index is 672. The lowest BCUT2D eigenvalue weighted by Crippen LogP contribution is -2.42. The second-order valence-corrected chi connectivity index (χ2v) is 5.90. The Morgan fingerprint density at radius 2 is 1.90 bits per heavy atom. The van der Waals surface area contributed by atoms with E-state index in [0.29, 0.717) is 23.0 Å². The monoisotopic (exact) mass is 303 g/mol. The van der Waals surface area contributed by atoms with Crippen molar-refractivity contribution in [2.75, 3.05) is 13.1 Å². The summed E-state index contributed by atoms with van der Waals surface area (Å²) in [4.78, 5) is 14.2. The summed E-state index contributed by atoms with van der Waals surface area (Å²) in [5, 5.41) is 4.86. The second kappa shape index (κ2) is 5.53. The molecule has 2 heterocycles. The van der Waals surface area contributed by atoms with E-state index in [1.54, 1.807) is 4.68 Å². The fourth-order valence-corrected chi connectivity index (χ4v) is 2.76. The van der Waals surface area contributed by atoms with Crippen molar-refractivity contribution in [3.8, 4) is 0 Å². The van der Waals surface area contributed by atoms with Crippen molar-refractivity contribution in [3.05, 3.63) is 51.8 Å². The summed E-state index contributed by atoms with van der Waals surface area (Å²) in [5.74, 6) is -0.00101. The van der Waals surface area contributed by atoms with Gasteiger partial charge < -0.3 is 4.90 Å². The number of carbonyl (C=O) groups is 1. The summed E-state index contributed by atoms with van der Waals surface area (Å²) in [6, 6.07) is 8.23. The average Bonchev–Trinajstić information content (AvgIpc) is 2.65. The lowest BCUT2D eigenvalue weighted by Gasteiger charge is -2.30. The molecule has 0 aliphatic carbocycles. The smallest absolute Gasteiger partial charge is 0.258 e. The number of aryl methyl sites for hydroxylation is 2. The van der Waals surface area contributed by atoms with Gasteiger partial charge in [0.15, 0.2) is 0 Å². The van der Waals surface area contributed by atoms with Crippen molar-refractivity contribution in [3.63, 3.8) is 0 Å². The molecule has 5 heteroatoms. The van der Waals surface area contributed by atoms with E-state index in [2.05, 4.69) is 36.3 Å². The van der Waals surface area contributed by atoms with Crippen molar-refractivity contribution >= 4 is 17.5 Å². The summed E-state index contributed by atoms with van der Waals surface area (Å²) in [5.41, 5.74) is 3.58. The molecular formula is C16H18ClN3O. The van der Waals surface area contributed by atoms with Crippen LogP contribution in [0.3, 0.4) is 0 Å². The van der Waals surface area contributed by atoms with Crippen molar-refractivity contribution in [1.29, 1.82) is 0 Å². The highest BCUT2D eigenvalue weighted by atomic mass is 35.5. The molecule has 0 spiro atoms. The largest absolute Gasteiger partial charge is 0.338 e. The lowest BCUT2D eigenvalue weighted by molar-refractivity contribution is 0.0651. The van der Waals surface area contributed by atoms with E-state index in [-0.39, 0.29) is 5.91 Å². The Morgan fingerprint density at radius 1 is 1.24 bits per heavy atom. The van der Waals surface area contributed by atoms with Crippen LogP contribution in [0.4, 0.5) is 0 Å². The molecule has 2 aromatic rings. The predicted molar refractivity (Wildman–Crippen MR) is 82.8 cm³/mol. The highest BCUT2D eigenvalue weighted by molar-refractivity contribution is 6.33. The Labute approximate surface area is 129 Å². The van der Waals surface area contributed by atoms with Gasteiger partial charge in [-0.15, -0.1) is 0 Å². The maximum Gasteiger partial charge on any atom is 0.258 e. The molecule has 0 saturated carbocycles. The summed E-state index contributed by atoms with van der Waals surface area (Å²) < 4.78 is 1.70. The zero-order chi connectivity index (χ0) is 15.0. The molecular weight excluding hydrogens is 286 g/mol. The van der Waals surface area contributed by atoms with Crippen LogP contribution < -0.4 is 0 Å². The van der Waals surface area contributed by atoms with Crippen LogP contribution in [0.1, 0.15) is 33.6 Å². The van der Waals surface area contributed by atoms with Gasteiger partial charge in [-0.05, 0) is 25.8 Å². The number of hydrogen-bond donors (Lipinski definition) is 0. The van der Waals surface area contributed by atoms with E-state index in [1.165, 1.54) is 5.56 Å². The van der Waals surface area contributed by atoms with Gasteiger partial charge in [0.05, 0.1) is 17.8 Å². The summed E-state index contributed by atoms with van der Waals surface area (Å²) in [7, 11) is 0. The van der Waals surface area contributed by atoms with Gasteiger partial charge in [-0.1, -0.05) is 41.4 Å². The van der Waals surface area contributed by atoms with Gasteiger partial charge >= 0.3 is 0 Å². The number of amides is 1. The molecule has 21 heavy (non-hydrogen) atoms. The zero-order valence-corrected chi connectivity index (χ0v) is 13.0. The van der Waals surface area contributed by atoms with E-state index < -0.39 is 0 Å². The molecule has 1 aromatic heterocycles. The molecule has 0 unspecified atom stereocenters. The van der Waals surface area contributed by atoms with E-state index in [1.807, 2.05) is 11.8 Å². The second-order valence-electron chi connectivity index (χ2n) is 5.54. The van der Waals surface area contributed by atoms with Gasteiger partial charge in [-0.3, -0.25) is 4.79 Å². The molecule has 0 bridgehead atoms. The summed E-state index contributed by atoms with van der Waals surface area (Å²) in [6.45, 7) is 6.10. The molecule has 0 N–H and O–H groups in total. The van der Waals surface area contributed by atoms with E-state index in [4.69, 9.17) is 11.6 Å². The minimum absolute atomic E-state index is 0.00101. The van der Waals surface area contributed by atoms with Crippen LogP contribution in [-0.2, 0) is 6.54 Å². The van der Waals surface area contributed by atoms with Gasteiger partial charge in [-0.2, -0.15) is 5.10 Å². The predicted octanol–water partition coefficient (Wildman–Crippen LogP) is 3.05. The molecule has 1 amide bonds. The molecule has 1 aliphatic rings. The van der Waals surface area contributed by atoms with Crippen molar-refractivity contribution in [2.45, 2.75) is 26.8 Å². The van der Waals surface area contributed by atoms with Crippen LogP contribution in [0.5, 0.6) is 0 Å². The van der Waals surface area contributed by atoms with Crippen LogP contribution in [-0.4, -0.2) is 33.7 Å². The first kappa shape index (κ1) is 14.1. The molecule has 0 radical (unpaired) electrons. The minimum atomic E-state index is -0.00101. The van der Waals surface area contributed by atoms with E-state index in [9.17, 15) is 4.79 Å². The van der Waals surface area contributed by atoms with Crippen LogP contribution in [0.2, 0.25) is 5.15 Å². The molecule has 1 aliphatic heterocycles. The maximum absolute atomic E-state index is 12.4. The standard InChI is InChI=1S/C16H18ClN3O/c1-11-4-6-13(7-5-11)10-20-15(17)14(12(2)18-20)16(21)19-8-3-9-19/h4-7H,3,8-10H2,1-2H3. The zero-order valence-electron chi connectivity index (χ0n) is 12.3. The fourth-order valence-electron chi connectivity index (χ4n) is 2.44. The van der Waals surface area contributed by atoms with Crippen LogP contribution in [0, 0.1) is 13.8 Å². The number of aromatic nitrogens is 2. The summed E-state index contributed by atoms with van der Waals surface area (Å²) in [6.07, 6.45) is 1.07. The number of carbonyl (C=O) groups excluding carboxylic acids is 1. The SMILES string of the molecule is Cc1ccc(Cn2nc(C)c(C(=O)N3CCC3)c2Cl)cc1. The fraction of sp³-hybridized carbons (Fsp3) is 0.375. The van der Waals surface area contributed by atoms with Crippen molar-refractivity contribution < 1.29 is 4.79 Å². The molecule has 3 rings (SSSR count). The van der Waals surface area contributed by atoms with Crippen molar-refractivity contribution in [1.82, 2.24) is 14.7 Å². The van der Waals surface area contributed by atoms with Gasteiger partial charge in [0.25, 0.3) is 5.91 Å². The molecule has 1 aromatic carbocycles. The van der Waals surface area contributed by atoms with Gasteiger partial charge in [0.2, 0.25) is 0 Å². The average molecular weight is 304 g/mol. The third-order valence-corrected chi connectivity index (χ3v) is 4.26. The normalized spacial score (nSPS) is 14.1. The molecule has 1 fully saturated rings. The topological polar surface area (TPSA) is 38.1 Å². The Morgan fingerprint density at radius 3 is 2.48 bits per heavy atom. The number of rotatable bonds is 3. The minimum Gasteiger partial charge on any atom is -0.338 e. The molecule has 0 atom stereocenters. The number of nitrogens with zero attached hydrogens (tertiary/aromatic N) is 3. The molecule has 110 valence electrons. The third kappa shape index (κ3) is 2.68. The van der Waals surface area contributed by atoms with Crippen LogP contribution in [0.25, 0.3) is 0 Å². The van der Waals surface area contributed by atoms with Gasteiger partial charge in [-0.25, -0.2) is 4.68 Å². The highest BCUT2D eigenvalue weighted by Gasteiger charge is 2.28. The van der Waals surface area contributed by atoms with Crippen LogP contribution >= 0.6 is 11.6 Å². The molecule has 1 saturated heterocycles. The van der Waals surface area contributed by atoms with E-state index >= 15 is 0 Å². The Hall–Kier alpha value is -1.81. The Balaban J connectivity index is 1.86. The van der Waals surface area contributed by atoms with Gasteiger partial charge in [0.1, 0.15) is 5.15 Å². The van der Waals surface area contributed by atoms with E-state index in [0.717, 1.165) is 25.1 Å². The Kier molecular flexibility index (Phi) is 3.72.